The number of nitrogens with zero attached hydrogens (tertiary/aromatic N) is 5. The highest BCUT2D eigenvalue weighted by molar-refractivity contribution is 5.91. The minimum atomic E-state index is 0.0921. The van der Waals surface area contributed by atoms with Crippen LogP contribution in [0.25, 0.3) is 33.2 Å². The van der Waals surface area contributed by atoms with Crippen molar-refractivity contribution in [1.29, 1.82) is 0 Å². The minimum absolute atomic E-state index is 0.0921. The van der Waals surface area contributed by atoms with Crippen LogP contribution in [-0.2, 0) is 7.05 Å². The van der Waals surface area contributed by atoms with Gasteiger partial charge in [0.05, 0.1) is 22.2 Å². The second-order valence-electron chi connectivity index (χ2n) is 10.4. The van der Waals surface area contributed by atoms with Crippen LogP contribution in [0.1, 0.15) is 33.3 Å². The van der Waals surface area contributed by atoms with Gasteiger partial charge in [-0.25, -0.2) is 9.97 Å². The van der Waals surface area contributed by atoms with Crippen molar-refractivity contribution in [3.8, 4) is 17.0 Å². The summed E-state index contributed by atoms with van der Waals surface area (Å²) in [6, 6.07) is 10.4. The van der Waals surface area contributed by atoms with Crippen molar-refractivity contribution >= 4 is 27.8 Å². The van der Waals surface area contributed by atoms with Crippen LogP contribution >= 0.6 is 0 Å². The van der Waals surface area contributed by atoms with Gasteiger partial charge in [-0.15, -0.1) is 0 Å². The summed E-state index contributed by atoms with van der Waals surface area (Å²) in [6.07, 6.45) is 1.96. The molecule has 2 atom stereocenters. The van der Waals surface area contributed by atoms with E-state index in [1.165, 1.54) is 0 Å². The number of aromatic hydroxyl groups is 1. The summed E-state index contributed by atoms with van der Waals surface area (Å²) in [7, 11) is 1.89. The van der Waals surface area contributed by atoms with E-state index < -0.39 is 0 Å². The van der Waals surface area contributed by atoms with Crippen LogP contribution in [0, 0.1) is 12.8 Å². The number of aryl methyl sites for hydroxylation is 2. The van der Waals surface area contributed by atoms with Crippen molar-refractivity contribution in [3.63, 3.8) is 0 Å². The molecule has 0 aliphatic carbocycles. The van der Waals surface area contributed by atoms with Crippen LogP contribution in [0.15, 0.2) is 36.5 Å². The van der Waals surface area contributed by atoms with Gasteiger partial charge in [-0.05, 0) is 63.9 Å². The van der Waals surface area contributed by atoms with E-state index in [0.29, 0.717) is 17.5 Å². The van der Waals surface area contributed by atoms with E-state index in [4.69, 9.17) is 9.97 Å². The highest BCUT2D eigenvalue weighted by Gasteiger charge is 2.32. The van der Waals surface area contributed by atoms with Gasteiger partial charge < -0.3 is 15.3 Å². The van der Waals surface area contributed by atoms with Gasteiger partial charge in [0.2, 0.25) is 0 Å². The first-order valence-corrected chi connectivity index (χ1v) is 11.6. The van der Waals surface area contributed by atoms with E-state index in [9.17, 15) is 5.11 Å². The third-order valence-corrected chi connectivity index (χ3v) is 6.48. The lowest BCUT2D eigenvalue weighted by Gasteiger charge is -2.28. The minimum Gasteiger partial charge on any atom is -0.507 e. The zero-order valence-corrected chi connectivity index (χ0v) is 20.2. The molecule has 4 aromatic rings. The predicted octanol–water partition coefficient (Wildman–Crippen LogP) is 4.41. The van der Waals surface area contributed by atoms with Gasteiger partial charge in [-0.2, -0.15) is 5.10 Å². The van der Waals surface area contributed by atoms with E-state index in [1.807, 2.05) is 44.4 Å². The van der Waals surface area contributed by atoms with Crippen molar-refractivity contribution in [2.24, 2.45) is 13.0 Å². The van der Waals surface area contributed by atoms with Crippen LogP contribution in [0.2, 0.25) is 0 Å². The normalized spacial score (nSPS) is 19.2. The molecular weight excluding hydrogens is 412 g/mol. The van der Waals surface area contributed by atoms with E-state index in [-0.39, 0.29) is 11.3 Å². The third-order valence-electron chi connectivity index (χ3n) is 6.48. The Hall–Kier alpha value is -3.19. The monoisotopic (exact) mass is 444 g/mol. The number of aromatic nitrogens is 4. The Kier molecular flexibility index (Phi) is 5.05. The second kappa shape index (κ2) is 7.70. The fraction of sp³-hybridized carbons (Fsp3) is 0.423. The highest BCUT2D eigenvalue weighted by atomic mass is 16.3. The van der Waals surface area contributed by atoms with E-state index in [2.05, 4.69) is 49.1 Å². The Morgan fingerprint density at radius 1 is 1.06 bits per heavy atom. The molecule has 3 aromatic heterocycles. The lowest BCUT2D eigenvalue weighted by Crippen LogP contribution is -2.47. The molecule has 0 amide bonds. The second-order valence-corrected chi connectivity index (χ2v) is 10.4. The Morgan fingerprint density at radius 3 is 2.55 bits per heavy atom. The molecule has 172 valence electrons. The number of pyridine rings is 2. The molecule has 1 aliphatic heterocycles. The Bertz CT molecular complexity index is 1350. The first-order valence-electron chi connectivity index (χ1n) is 11.6. The molecule has 5 rings (SSSR count). The van der Waals surface area contributed by atoms with Gasteiger partial charge in [0.25, 0.3) is 0 Å². The fourth-order valence-electron chi connectivity index (χ4n) is 4.86. The summed E-state index contributed by atoms with van der Waals surface area (Å²) >= 11 is 0. The molecule has 7 nitrogen and oxygen atoms in total. The van der Waals surface area contributed by atoms with E-state index >= 15 is 0 Å². The Labute approximate surface area is 194 Å². The number of phenols is 1. The van der Waals surface area contributed by atoms with Crippen LogP contribution in [0.3, 0.4) is 0 Å². The number of rotatable bonds is 3. The molecular formula is C26H32N6O. The van der Waals surface area contributed by atoms with E-state index in [1.54, 1.807) is 4.68 Å². The average molecular weight is 445 g/mol. The van der Waals surface area contributed by atoms with Crippen LogP contribution in [-0.4, -0.2) is 49.5 Å². The number of benzene rings is 1. The topological polar surface area (TPSA) is 79.1 Å². The third kappa shape index (κ3) is 4.02. The summed E-state index contributed by atoms with van der Waals surface area (Å²) in [5.41, 5.74) is 4.78. The maximum Gasteiger partial charge on any atom is 0.130 e. The van der Waals surface area contributed by atoms with Crippen molar-refractivity contribution < 1.29 is 5.11 Å². The number of fused-ring (bicyclic) bond motifs is 2. The van der Waals surface area contributed by atoms with Crippen LogP contribution in [0.5, 0.6) is 5.75 Å². The fourth-order valence-corrected chi connectivity index (χ4v) is 4.86. The van der Waals surface area contributed by atoms with Crippen molar-refractivity contribution in [3.05, 3.63) is 42.1 Å². The smallest absolute Gasteiger partial charge is 0.130 e. The molecule has 1 fully saturated rings. The largest absolute Gasteiger partial charge is 0.507 e. The summed E-state index contributed by atoms with van der Waals surface area (Å²) in [5.74, 6) is 1.76. The number of hydrogen-bond acceptors (Lipinski definition) is 6. The quantitative estimate of drug-likeness (QED) is 0.487. The van der Waals surface area contributed by atoms with Gasteiger partial charge in [-0.3, -0.25) is 4.68 Å². The lowest BCUT2D eigenvalue weighted by molar-refractivity contribution is 0.334. The highest BCUT2D eigenvalue weighted by Crippen LogP contribution is 2.36. The lowest BCUT2D eigenvalue weighted by atomic mass is 10.0. The van der Waals surface area contributed by atoms with Crippen molar-refractivity contribution in [2.45, 2.75) is 46.2 Å². The standard InChI is InChI=1S/C26H32N6O/c1-15-12-32(14-22(15)29-26(3,4)5)23-10-9-20-21(28-23)8-7-19(27-20)18-11-17-13-31(6)30-24(17)16(2)25(18)33/h7-11,13,15,22,29,33H,12,14H2,1-6H3. The summed E-state index contributed by atoms with van der Waals surface area (Å²) in [5, 5.41) is 20.0. The van der Waals surface area contributed by atoms with E-state index in [0.717, 1.165) is 52.1 Å². The zero-order chi connectivity index (χ0) is 23.5. The Balaban J connectivity index is 1.46. The molecule has 0 saturated carbocycles. The van der Waals surface area contributed by atoms with Gasteiger partial charge >= 0.3 is 0 Å². The molecule has 1 aromatic carbocycles. The van der Waals surface area contributed by atoms with Gasteiger partial charge in [0.1, 0.15) is 11.6 Å². The van der Waals surface area contributed by atoms with Crippen LogP contribution in [0.4, 0.5) is 5.82 Å². The molecule has 7 heteroatoms. The molecule has 1 aliphatic rings. The molecule has 0 radical (unpaired) electrons. The number of anilines is 1. The summed E-state index contributed by atoms with van der Waals surface area (Å²) in [6.45, 7) is 12.8. The molecule has 2 N–H and O–H groups in total. The summed E-state index contributed by atoms with van der Waals surface area (Å²) in [4.78, 5) is 12.1. The zero-order valence-electron chi connectivity index (χ0n) is 20.2. The number of phenolic OH excluding ortho intramolecular Hbond substituents is 1. The maximum absolute atomic E-state index is 10.8. The first-order chi connectivity index (χ1) is 15.6. The SMILES string of the molecule is Cc1c(O)c(-c2ccc3nc(N4CC(C)C(NC(C)(C)C)C4)ccc3n2)cc2cn(C)nc12. The Morgan fingerprint density at radius 2 is 1.79 bits per heavy atom. The predicted molar refractivity (Wildman–Crippen MR) is 134 cm³/mol. The molecule has 33 heavy (non-hydrogen) atoms. The molecule has 1 saturated heterocycles. The number of hydrogen-bond donors (Lipinski definition) is 2. The maximum atomic E-state index is 10.8. The number of nitrogens with one attached hydrogen (secondary N) is 1. The van der Waals surface area contributed by atoms with Gasteiger partial charge in [0.15, 0.2) is 0 Å². The van der Waals surface area contributed by atoms with Crippen LogP contribution < -0.4 is 10.2 Å². The molecule has 4 heterocycles. The molecule has 0 bridgehead atoms. The average Bonchev–Trinajstić information content (AvgIpc) is 3.31. The van der Waals surface area contributed by atoms with Crippen molar-refractivity contribution in [1.82, 2.24) is 25.1 Å². The van der Waals surface area contributed by atoms with Gasteiger partial charge in [-0.1, -0.05) is 6.92 Å². The van der Waals surface area contributed by atoms with Gasteiger partial charge in [0, 0.05) is 54.4 Å². The molecule has 2 unspecified atom stereocenters. The molecule has 0 spiro atoms. The van der Waals surface area contributed by atoms with Crippen molar-refractivity contribution in [2.75, 3.05) is 18.0 Å². The summed E-state index contributed by atoms with van der Waals surface area (Å²) < 4.78 is 1.76. The first kappa shape index (κ1) is 21.6.